The Morgan fingerprint density at radius 1 is 1.10 bits per heavy atom. The summed E-state index contributed by atoms with van der Waals surface area (Å²) in [7, 11) is 1.90. The molecule has 3 aromatic heterocycles. The van der Waals surface area contributed by atoms with Crippen molar-refractivity contribution in [3.05, 3.63) is 42.9 Å². The van der Waals surface area contributed by atoms with Crippen LogP contribution in [0.4, 0.5) is 5.82 Å². The molecular formula is C21H23N7O2. The fraction of sp³-hybridized carbons (Fsp3) is 0.333. The highest BCUT2D eigenvalue weighted by atomic mass is 16.5. The van der Waals surface area contributed by atoms with Gasteiger partial charge in [-0.2, -0.15) is 5.10 Å². The summed E-state index contributed by atoms with van der Waals surface area (Å²) in [6.07, 6.45) is 3.64. The Labute approximate surface area is 173 Å². The van der Waals surface area contributed by atoms with Crippen LogP contribution < -0.4 is 4.90 Å². The van der Waals surface area contributed by atoms with Crippen LogP contribution >= 0.6 is 0 Å². The first-order valence-electron chi connectivity index (χ1n) is 10.00. The SMILES string of the molecule is Cn1ccc(-c2cccc(-c3nc(N4CCOCC4)c4ncn(CCO)c4n3)c2)n1. The molecule has 0 atom stereocenters. The molecule has 4 heterocycles. The van der Waals surface area contributed by atoms with Crippen molar-refractivity contribution in [3.8, 4) is 22.6 Å². The largest absolute Gasteiger partial charge is 0.395 e. The van der Waals surface area contributed by atoms with Crippen molar-refractivity contribution in [3.63, 3.8) is 0 Å². The van der Waals surface area contributed by atoms with Crippen molar-refractivity contribution >= 4 is 17.0 Å². The molecule has 1 fully saturated rings. The third-order valence-electron chi connectivity index (χ3n) is 5.23. The lowest BCUT2D eigenvalue weighted by Gasteiger charge is -2.28. The van der Waals surface area contributed by atoms with Crippen LogP contribution in [-0.2, 0) is 18.3 Å². The number of imidazole rings is 1. The monoisotopic (exact) mass is 405 g/mol. The number of aliphatic hydroxyl groups is 1. The molecule has 1 N–H and O–H groups in total. The third-order valence-corrected chi connectivity index (χ3v) is 5.23. The summed E-state index contributed by atoms with van der Waals surface area (Å²) in [4.78, 5) is 16.5. The van der Waals surface area contributed by atoms with Crippen molar-refractivity contribution < 1.29 is 9.84 Å². The predicted molar refractivity (Wildman–Crippen MR) is 113 cm³/mol. The maximum Gasteiger partial charge on any atom is 0.166 e. The molecule has 5 rings (SSSR count). The number of nitrogens with zero attached hydrogens (tertiary/aromatic N) is 7. The fourth-order valence-corrected chi connectivity index (χ4v) is 3.71. The molecule has 0 unspecified atom stereocenters. The fourth-order valence-electron chi connectivity index (χ4n) is 3.71. The molecule has 1 aliphatic heterocycles. The van der Waals surface area contributed by atoms with Crippen LogP contribution in [0.5, 0.6) is 0 Å². The Hall–Kier alpha value is -3.30. The van der Waals surface area contributed by atoms with Crippen LogP contribution in [0.2, 0.25) is 0 Å². The zero-order valence-corrected chi connectivity index (χ0v) is 16.8. The highest BCUT2D eigenvalue weighted by molar-refractivity contribution is 5.86. The van der Waals surface area contributed by atoms with Gasteiger partial charge in [-0.3, -0.25) is 4.68 Å². The maximum atomic E-state index is 9.44. The topological polar surface area (TPSA) is 94.1 Å². The van der Waals surface area contributed by atoms with E-state index in [1.54, 1.807) is 11.0 Å². The van der Waals surface area contributed by atoms with E-state index in [4.69, 9.17) is 14.7 Å². The van der Waals surface area contributed by atoms with E-state index >= 15 is 0 Å². The molecule has 0 radical (unpaired) electrons. The van der Waals surface area contributed by atoms with E-state index in [0.29, 0.717) is 25.6 Å². The van der Waals surface area contributed by atoms with Crippen LogP contribution in [0.25, 0.3) is 33.8 Å². The lowest BCUT2D eigenvalue weighted by atomic mass is 10.1. The lowest BCUT2D eigenvalue weighted by Crippen LogP contribution is -2.37. The van der Waals surface area contributed by atoms with Crippen LogP contribution in [0.15, 0.2) is 42.9 Å². The van der Waals surface area contributed by atoms with Crippen LogP contribution in [0.1, 0.15) is 0 Å². The Morgan fingerprint density at radius 2 is 1.93 bits per heavy atom. The van der Waals surface area contributed by atoms with E-state index in [1.165, 1.54) is 0 Å². The van der Waals surface area contributed by atoms with E-state index in [1.807, 2.05) is 42.1 Å². The zero-order chi connectivity index (χ0) is 20.5. The second-order valence-electron chi connectivity index (χ2n) is 7.26. The van der Waals surface area contributed by atoms with Gasteiger partial charge in [-0.1, -0.05) is 18.2 Å². The minimum Gasteiger partial charge on any atom is -0.395 e. The molecular weight excluding hydrogens is 382 g/mol. The van der Waals surface area contributed by atoms with Gasteiger partial charge in [-0.25, -0.2) is 15.0 Å². The van der Waals surface area contributed by atoms with Gasteiger partial charge in [0.15, 0.2) is 22.8 Å². The summed E-state index contributed by atoms with van der Waals surface area (Å²) in [5, 5.41) is 13.9. The lowest BCUT2D eigenvalue weighted by molar-refractivity contribution is 0.122. The second kappa shape index (κ2) is 7.85. The number of rotatable bonds is 5. The van der Waals surface area contributed by atoms with Crippen molar-refractivity contribution in [2.75, 3.05) is 37.8 Å². The van der Waals surface area contributed by atoms with Crippen molar-refractivity contribution in [1.82, 2.24) is 29.3 Å². The van der Waals surface area contributed by atoms with E-state index in [0.717, 1.165) is 46.9 Å². The molecule has 0 spiro atoms. The van der Waals surface area contributed by atoms with Gasteiger partial charge in [0.1, 0.15) is 0 Å². The Balaban J connectivity index is 1.64. The van der Waals surface area contributed by atoms with Gasteiger partial charge in [0.2, 0.25) is 0 Å². The van der Waals surface area contributed by atoms with Crippen LogP contribution in [0, 0.1) is 0 Å². The molecule has 4 aromatic rings. The van der Waals surface area contributed by atoms with E-state index in [2.05, 4.69) is 21.0 Å². The minimum absolute atomic E-state index is 0.0207. The summed E-state index contributed by atoms with van der Waals surface area (Å²) in [6.45, 7) is 3.29. The van der Waals surface area contributed by atoms with Crippen molar-refractivity contribution in [2.45, 2.75) is 6.54 Å². The molecule has 0 bridgehead atoms. The summed E-state index contributed by atoms with van der Waals surface area (Å²) >= 11 is 0. The summed E-state index contributed by atoms with van der Waals surface area (Å²) in [5.41, 5.74) is 4.29. The number of hydrogen-bond acceptors (Lipinski definition) is 7. The first-order valence-corrected chi connectivity index (χ1v) is 10.00. The molecule has 9 heteroatoms. The smallest absolute Gasteiger partial charge is 0.166 e. The number of morpholine rings is 1. The van der Waals surface area contributed by atoms with Crippen LogP contribution in [0.3, 0.4) is 0 Å². The molecule has 0 saturated carbocycles. The molecule has 9 nitrogen and oxygen atoms in total. The number of benzene rings is 1. The average molecular weight is 405 g/mol. The van der Waals surface area contributed by atoms with Gasteiger partial charge in [-0.15, -0.1) is 0 Å². The number of aliphatic hydroxyl groups excluding tert-OH is 1. The van der Waals surface area contributed by atoms with Crippen molar-refractivity contribution in [1.29, 1.82) is 0 Å². The first-order chi connectivity index (χ1) is 14.7. The Morgan fingerprint density at radius 3 is 2.70 bits per heavy atom. The highest BCUT2D eigenvalue weighted by Crippen LogP contribution is 2.29. The van der Waals surface area contributed by atoms with Gasteiger partial charge < -0.3 is 19.3 Å². The number of ether oxygens (including phenoxy) is 1. The third kappa shape index (κ3) is 3.42. The second-order valence-corrected chi connectivity index (χ2v) is 7.26. The van der Waals surface area contributed by atoms with E-state index in [-0.39, 0.29) is 6.61 Å². The van der Waals surface area contributed by atoms with E-state index in [9.17, 15) is 5.11 Å². The molecule has 154 valence electrons. The summed E-state index contributed by atoms with van der Waals surface area (Å²) < 4.78 is 9.16. The number of fused-ring (bicyclic) bond motifs is 1. The predicted octanol–water partition coefficient (Wildman–Crippen LogP) is 1.72. The maximum absolute atomic E-state index is 9.44. The molecule has 1 saturated heterocycles. The van der Waals surface area contributed by atoms with E-state index < -0.39 is 0 Å². The number of hydrogen-bond donors (Lipinski definition) is 1. The van der Waals surface area contributed by atoms with Gasteiger partial charge in [0.05, 0.1) is 31.8 Å². The Kier molecular flexibility index (Phi) is 4.89. The minimum atomic E-state index is 0.0207. The number of aryl methyl sites for hydroxylation is 1. The molecule has 0 amide bonds. The molecule has 30 heavy (non-hydrogen) atoms. The van der Waals surface area contributed by atoms with Gasteiger partial charge in [0, 0.05) is 44.0 Å². The van der Waals surface area contributed by atoms with Crippen molar-refractivity contribution in [2.24, 2.45) is 7.05 Å². The quantitative estimate of drug-likeness (QED) is 0.540. The number of aromatic nitrogens is 6. The van der Waals surface area contributed by atoms with Gasteiger partial charge >= 0.3 is 0 Å². The molecule has 0 aliphatic carbocycles. The standard InChI is InChI=1S/C21H23N7O2/c1-26-6-5-17(25-26)15-3-2-4-16(13-15)19-23-20(27-8-11-30-12-9-27)18-21(24-19)28(7-10-29)14-22-18/h2-6,13-14,29H,7-12H2,1H3. The Bertz CT molecular complexity index is 1180. The summed E-state index contributed by atoms with van der Waals surface area (Å²) in [5.74, 6) is 1.43. The average Bonchev–Trinajstić information content (AvgIpc) is 3.40. The van der Waals surface area contributed by atoms with Crippen LogP contribution in [-0.4, -0.2) is 67.3 Å². The number of anilines is 1. The van der Waals surface area contributed by atoms with Gasteiger partial charge in [0.25, 0.3) is 0 Å². The first kappa shape index (κ1) is 18.7. The normalized spacial score (nSPS) is 14.5. The molecule has 1 aliphatic rings. The molecule has 1 aromatic carbocycles. The zero-order valence-electron chi connectivity index (χ0n) is 16.8. The highest BCUT2D eigenvalue weighted by Gasteiger charge is 2.21. The summed E-state index contributed by atoms with van der Waals surface area (Å²) in [6, 6.07) is 10.1. The van der Waals surface area contributed by atoms with Gasteiger partial charge in [-0.05, 0) is 12.1 Å².